The highest BCUT2D eigenvalue weighted by Gasteiger charge is 2.21. The molecule has 2 aliphatic rings. The van der Waals surface area contributed by atoms with Gasteiger partial charge in [0.15, 0.2) is 0 Å². The quantitative estimate of drug-likeness (QED) is 0.175. The van der Waals surface area contributed by atoms with Gasteiger partial charge in [0, 0.05) is 91.9 Å². The van der Waals surface area contributed by atoms with Crippen LogP contribution in [0, 0.1) is 5.82 Å². The smallest absolute Gasteiger partial charge is 0.251 e. The fourth-order valence-corrected chi connectivity index (χ4v) is 6.58. The van der Waals surface area contributed by atoms with E-state index in [-0.39, 0.29) is 35.8 Å². The maximum atomic E-state index is 14.4. The molecule has 0 radical (unpaired) electrons. The largest absolute Gasteiger partial charge is 0.487 e. The molecule has 4 heterocycles. The van der Waals surface area contributed by atoms with Crippen LogP contribution < -0.4 is 30.3 Å². The molecule has 6 aromatic rings. The molecule has 2 aliphatic heterocycles. The molecule has 4 amide bonds. The summed E-state index contributed by atoms with van der Waals surface area (Å²) < 4.78 is 30.0. The van der Waals surface area contributed by atoms with Gasteiger partial charge in [-0.25, -0.2) is 4.39 Å². The van der Waals surface area contributed by atoms with Gasteiger partial charge in [0.05, 0.1) is 35.9 Å². The van der Waals surface area contributed by atoms with Crippen molar-refractivity contribution < 1.29 is 33.0 Å². The Morgan fingerprint density at radius 1 is 0.707 bits per heavy atom. The Labute approximate surface area is 333 Å². The number of amides is 4. The van der Waals surface area contributed by atoms with Crippen molar-refractivity contribution in [3.8, 4) is 34.0 Å². The number of halogens is 1. The number of nitrogens with one attached hydrogen (secondary N) is 3. The van der Waals surface area contributed by atoms with Crippen LogP contribution in [0.1, 0.15) is 53.6 Å². The molecular weight excluding hydrogens is 744 g/mol. The Hall–Kier alpha value is -7.29. The Balaban J connectivity index is 0.000000177. The van der Waals surface area contributed by atoms with E-state index in [0.717, 1.165) is 45.2 Å². The molecule has 0 saturated carbocycles. The third-order valence-corrected chi connectivity index (χ3v) is 9.63. The van der Waals surface area contributed by atoms with Crippen LogP contribution in [-0.4, -0.2) is 57.3 Å². The number of nitrogens with zero attached hydrogens (tertiary/aromatic N) is 5. The van der Waals surface area contributed by atoms with E-state index < -0.39 is 5.82 Å². The van der Waals surface area contributed by atoms with Crippen LogP contribution in [0.5, 0.6) is 11.5 Å². The number of rotatable bonds is 6. The Kier molecular flexibility index (Phi) is 11.0. The number of fused-ring (bicyclic) bond motifs is 4. The van der Waals surface area contributed by atoms with Gasteiger partial charge in [-0.15, -0.1) is 0 Å². The van der Waals surface area contributed by atoms with Gasteiger partial charge in [0.1, 0.15) is 30.5 Å². The minimum Gasteiger partial charge on any atom is -0.487 e. The average Bonchev–Trinajstić information content (AvgIpc) is 3.70. The summed E-state index contributed by atoms with van der Waals surface area (Å²) >= 11 is 0. The van der Waals surface area contributed by atoms with Gasteiger partial charge < -0.3 is 30.3 Å². The lowest BCUT2D eigenvalue weighted by atomic mass is 10.1. The van der Waals surface area contributed by atoms with Crippen LogP contribution in [0.15, 0.2) is 91.0 Å². The molecule has 296 valence electrons. The number of benzene rings is 4. The van der Waals surface area contributed by atoms with Crippen LogP contribution >= 0.6 is 0 Å². The van der Waals surface area contributed by atoms with E-state index >= 15 is 0 Å². The molecule has 14 nitrogen and oxygen atoms in total. The zero-order chi connectivity index (χ0) is 41.1. The summed E-state index contributed by atoms with van der Waals surface area (Å²) in [7, 11) is 3.28. The third-order valence-electron chi connectivity index (χ3n) is 9.63. The first-order valence-electron chi connectivity index (χ1n) is 18.4. The molecule has 4 aromatic carbocycles. The molecule has 0 saturated heterocycles. The second-order valence-electron chi connectivity index (χ2n) is 13.8. The first kappa shape index (κ1) is 39.0. The number of ether oxygens (including phenoxy) is 2. The second-order valence-corrected chi connectivity index (χ2v) is 13.8. The average molecular weight is 785 g/mol. The lowest BCUT2D eigenvalue weighted by Gasteiger charge is -2.15. The van der Waals surface area contributed by atoms with Crippen LogP contribution in [0.3, 0.4) is 0 Å². The highest BCUT2D eigenvalue weighted by molar-refractivity contribution is 5.95. The molecule has 0 spiro atoms. The molecule has 58 heavy (non-hydrogen) atoms. The standard InChI is InChI=1S/C22H22N4O3.C21H19FN4O3/c1-14(27)23-18-8-7-17-12-26-20(13-29-22(17)10-18)11-21(24-26)16-5-4-6-19(9-16)25(3)15(2)28;1-12(27)24-15-5-3-14-10-26-16(11-29-20(14)8-15)9-19(25-26)17-7-13(21(28)23-2)4-6-18(17)22/h4-11H,12-13H2,1-3H3,(H,23,27);3-9H,10-11H2,1-2H3,(H,23,28)(H,24,27). The normalized spacial score (nSPS) is 12.2. The van der Waals surface area contributed by atoms with Crippen molar-refractivity contribution in [3.05, 3.63) is 125 Å². The predicted octanol–water partition coefficient (Wildman–Crippen LogP) is 6.38. The van der Waals surface area contributed by atoms with Crippen molar-refractivity contribution in [2.75, 3.05) is 29.6 Å². The summed E-state index contributed by atoms with van der Waals surface area (Å²) in [4.78, 5) is 47.7. The fourth-order valence-electron chi connectivity index (χ4n) is 6.58. The minimum atomic E-state index is -0.452. The summed E-state index contributed by atoms with van der Waals surface area (Å²) in [6, 6.07) is 26.8. The monoisotopic (exact) mass is 784 g/mol. The van der Waals surface area contributed by atoms with Crippen LogP contribution in [0.4, 0.5) is 21.5 Å². The van der Waals surface area contributed by atoms with Gasteiger partial charge in [-0.1, -0.05) is 24.3 Å². The van der Waals surface area contributed by atoms with Crippen LogP contribution in [0.2, 0.25) is 0 Å². The minimum absolute atomic E-state index is 0.0218. The molecule has 0 aliphatic carbocycles. The maximum absolute atomic E-state index is 14.4. The van der Waals surface area contributed by atoms with Crippen molar-refractivity contribution in [1.29, 1.82) is 0 Å². The maximum Gasteiger partial charge on any atom is 0.251 e. The molecule has 0 unspecified atom stereocenters. The highest BCUT2D eigenvalue weighted by Crippen LogP contribution is 2.33. The number of carbonyl (C=O) groups is 4. The fraction of sp³-hybridized carbons (Fsp3) is 0.209. The van der Waals surface area contributed by atoms with E-state index in [4.69, 9.17) is 14.6 Å². The SMILES string of the molecule is CC(=O)Nc1ccc2c(c1)OCc1cc(-c3cccc(N(C)C(C)=O)c3)nn1C2.CNC(=O)c1ccc(F)c(-c2cc3n(n2)Cc2ccc(NC(C)=O)cc2OC3)c1. The van der Waals surface area contributed by atoms with Gasteiger partial charge in [-0.3, -0.25) is 28.5 Å². The predicted molar refractivity (Wildman–Crippen MR) is 216 cm³/mol. The van der Waals surface area contributed by atoms with Crippen molar-refractivity contribution in [2.45, 2.75) is 47.1 Å². The van der Waals surface area contributed by atoms with Crippen molar-refractivity contribution in [1.82, 2.24) is 24.9 Å². The Bertz CT molecular complexity index is 2580. The Morgan fingerprint density at radius 3 is 1.83 bits per heavy atom. The summed E-state index contributed by atoms with van der Waals surface area (Å²) in [6.45, 7) is 6.13. The van der Waals surface area contributed by atoms with E-state index in [2.05, 4.69) is 21.0 Å². The lowest BCUT2D eigenvalue weighted by molar-refractivity contribution is -0.116. The summed E-state index contributed by atoms with van der Waals surface area (Å²) in [6.07, 6.45) is 0. The van der Waals surface area contributed by atoms with Crippen LogP contribution in [0.25, 0.3) is 22.5 Å². The van der Waals surface area contributed by atoms with E-state index in [0.29, 0.717) is 48.1 Å². The lowest BCUT2D eigenvalue weighted by Crippen LogP contribution is -2.22. The van der Waals surface area contributed by atoms with E-state index in [1.165, 1.54) is 46.0 Å². The number of carbonyl (C=O) groups excluding carboxylic acids is 4. The van der Waals surface area contributed by atoms with Gasteiger partial charge in [-0.05, 0) is 54.6 Å². The molecular formula is C43H41FN8O6. The summed E-state index contributed by atoms with van der Waals surface area (Å²) in [5.74, 6) is 0.369. The number of hydrogen-bond acceptors (Lipinski definition) is 8. The van der Waals surface area contributed by atoms with Crippen LogP contribution in [-0.2, 0) is 40.7 Å². The first-order valence-corrected chi connectivity index (χ1v) is 18.4. The first-order chi connectivity index (χ1) is 27.8. The number of aromatic nitrogens is 4. The Morgan fingerprint density at radius 2 is 1.28 bits per heavy atom. The molecule has 2 aromatic heterocycles. The highest BCUT2D eigenvalue weighted by atomic mass is 19.1. The van der Waals surface area contributed by atoms with Gasteiger partial charge >= 0.3 is 0 Å². The molecule has 15 heteroatoms. The molecule has 8 rings (SSSR count). The zero-order valence-corrected chi connectivity index (χ0v) is 32.6. The van der Waals surface area contributed by atoms with E-state index in [9.17, 15) is 23.6 Å². The number of anilines is 3. The van der Waals surface area contributed by atoms with Gasteiger partial charge in [0.2, 0.25) is 17.7 Å². The van der Waals surface area contributed by atoms with Gasteiger partial charge in [0.25, 0.3) is 5.91 Å². The van der Waals surface area contributed by atoms with E-state index in [1.54, 1.807) is 34.8 Å². The summed E-state index contributed by atoms with van der Waals surface area (Å²) in [5.41, 5.74) is 8.66. The van der Waals surface area contributed by atoms with Crippen molar-refractivity contribution in [2.24, 2.45) is 0 Å². The van der Waals surface area contributed by atoms with Gasteiger partial charge in [-0.2, -0.15) is 10.2 Å². The van der Waals surface area contributed by atoms with Crippen molar-refractivity contribution in [3.63, 3.8) is 0 Å². The second kappa shape index (κ2) is 16.4. The van der Waals surface area contributed by atoms with E-state index in [1.807, 2.05) is 59.3 Å². The number of hydrogen-bond donors (Lipinski definition) is 3. The molecule has 3 N–H and O–H groups in total. The zero-order valence-electron chi connectivity index (χ0n) is 32.6. The summed E-state index contributed by atoms with van der Waals surface area (Å²) in [5, 5.41) is 17.3. The third kappa shape index (κ3) is 8.58. The topological polar surface area (TPSA) is 162 Å². The molecule has 0 atom stereocenters. The molecule has 0 fully saturated rings. The van der Waals surface area contributed by atoms with Crippen molar-refractivity contribution >= 4 is 40.7 Å². The molecule has 0 bridgehead atoms.